The lowest BCUT2D eigenvalue weighted by Gasteiger charge is -2.28. The van der Waals surface area contributed by atoms with Gasteiger partial charge in [-0.1, -0.05) is 38.1 Å². The van der Waals surface area contributed by atoms with E-state index in [1.807, 2.05) is 13.8 Å². The molecule has 40 heavy (non-hydrogen) atoms. The molecular weight excluding hydrogens is 522 g/mol. The molecule has 4 N–H and O–H groups in total. The molecule has 0 aromatic heterocycles. The second-order valence-corrected chi connectivity index (χ2v) is 9.79. The first-order chi connectivity index (χ1) is 18.9. The van der Waals surface area contributed by atoms with Gasteiger partial charge in [-0.3, -0.25) is 28.9 Å². The number of carboxylic acids is 1. The topological polar surface area (TPSA) is 179 Å². The van der Waals surface area contributed by atoms with Crippen LogP contribution in [-0.2, 0) is 30.3 Å². The number of imide groups is 1. The SMILES string of the molecule is COC(=O)[C@H](CC(C)C)NC(=O)[C@H](CC(=O)O)NC(=O)[C@H](Cc1ccc(O)cc1)N1C(=O)c2ccccc2C1=O. The molecule has 1 aliphatic rings. The molecule has 1 heterocycles. The highest BCUT2D eigenvalue weighted by Gasteiger charge is 2.43. The Kier molecular flexibility index (Phi) is 9.59. The van der Waals surface area contributed by atoms with Gasteiger partial charge in [0.1, 0.15) is 23.9 Å². The Morgan fingerprint density at radius 1 is 0.875 bits per heavy atom. The third-order valence-electron chi connectivity index (χ3n) is 6.33. The summed E-state index contributed by atoms with van der Waals surface area (Å²) in [4.78, 5) is 77.7. The minimum absolute atomic E-state index is 0.0274. The van der Waals surface area contributed by atoms with Gasteiger partial charge in [0.05, 0.1) is 24.7 Å². The Balaban J connectivity index is 1.92. The summed E-state index contributed by atoms with van der Waals surface area (Å²) in [5.41, 5.74) is 0.687. The maximum absolute atomic E-state index is 13.6. The summed E-state index contributed by atoms with van der Waals surface area (Å²) in [6, 6.07) is 7.61. The van der Waals surface area contributed by atoms with Crippen molar-refractivity contribution in [3.8, 4) is 5.75 Å². The van der Waals surface area contributed by atoms with Crippen LogP contribution in [0.25, 0.3) is 0 Å². The number of carbonyl (C=O) groups is 6. The minimum atomic E-state index is -1.64. The average molecular weight is 554 g/mol. The van der Waals surface area contributed by atoms with Crippen LogP contribution in [0.1, 0.15) is 53.0 Å². The molecule has 4 amide bonds. The van der Waals surface area contributed by atoms with Crippen molar-refractivity contribution in [2.24, 2.45) is 5.92 Å². The fourth-order valence-corrected chi connectivity index (χ4v) is 4.40. The highest BCUT2D eigenvalue weighted by Crippen LogP contribution is 2.26. The van der Waals surface area contributed by atoms with Crippen LogP contribution in [0.3, 0.4) is 0 Å². The Morgan fingerprint density at radius 2 is 1.43 bits per heavy atom. The molecule has 12 heteroatoms. The van der Waals surface area contributed by atoms with E-state index in [9.17, 15) is 39.0 Å². The van der Waals surface area contributed by atoms with Gasteiger partial charge >= 0.3 is 11.9 Å². The number of carbonyl (C=O) groups excluding carboxylic acids is 5. The Hall–Kier alpha value is -4.74. The van der Waals surface area contributed by atoms with Crippen LogP contribution in [0, 0.1) is 5.92 Å². The molecule has 0 radical (unpaired) electrons. The summed E-state index contributed by atoms with van der Waals surface area (Å²) in [6.45, 7) is 3.63. The monoisotopic (exact) mass is 553 g/mol. The summed E-state index contributed by atoms with van der Waals surface area (Å²) in [6.07, 6.45) is -0.816. The quantitative estimate of drug-likeness (QED) is 0.222. The van der Waals surface area contributed by atoms with E-state index in [4.69, 9.17) is 4.74 Å². The summed E-state index contributed by atoms with van der Waals surface area (Å²) in [5, 5.41) is 23.9. The number of phenols is 1. The Bertz CT molecular complexity index is 1270. The van der Waals surface area contributed by atoms with Gasteiger partial charge in [-0.05, 0) is 42.2 Å². The van der Waals surface area contributed by atoms with Crippen LogP contribution in [0.15, 0.2) is 48.5 Å². The van der Waals surface area contributed by atoms with Gasteiger partial charge in [-0.15, -0.1) is 0 Å². The smallest absolute Gasteiger partial charge is 0.328 e. The molecule has 0 saturated heterocycles. The Labute approximate surface area is 230 Å². The number of methoxy groups -OCH3 is 1. The van der Waals surface area contributed by atoms with Crippen molar-refractivity contribution in [1.82, 2.24) is 15.5 Å². The van der Waals surface area contributed by atoms with Crippen molar-refractivity contribution in [3.05, 3.63) is 65.2 Å². The molecule has 212 valence electrons. The number of nitrogens with one attached hydrogen (secondary N) is 2. The van der Waals surface area contributed by atoms with E-state index in [1.165, 1.54) is 36.4 Å². The molecule has 3 rings (SSSR count). The van der Waals surface area contributed by atoms with Gasteiger partial charge in [0.2, 0.25) is 11.8 Å². The van der Waals surface area contributed by atoms with Crippen molar-refractivity contribution in [2.45, 2.75) is 51.2 Å². The average Bonchev–Trinajstić information content (AvgIpc) is 3.16. The lowest BCUT2D eigenvalue weighted by atomic mass is 10.0. The zero-order chi connectivity index (χ0) is 29.6. The third kappa shape index (κ3) is 7.01. The maximum atomic E-state index is 13.6. The number of aliphatic carboxylic acids is 1. The molecule has 2 aromatic rings. The number of phenolic OH excluding ortho intramolecular Hbond substituents is 1. The minimum Gasteiger partial charge on any atom is -0.508 e. The number of hydrogen-bond acceptors (Lipinski definition) is 8. The number of carboxylic acid groups (broad SMARTS) is 1. The molecule has 3 atom stereocenters. The molecule has 0 fully saturated rings. The van der Waals surface area contributed by atoms with Crippen molar-refractivity contribution >= 4 is 35.6 Å². The molecule has 0 bridgehead atoms. The van der Waals surface area contributed by atoms with E-state index in [0.717, 1.165) is 12.0 Å². The van der Waals surface area contributed by atoms with Crippen molar-refractivity contribution in [2.75, 3.05) is 7.11 Å². The largest absolute Gasteiger partial charge is 0.508 e. The number of benzene rings is 2. The second-order valence-electron chi connectivity index (χ2n) is 9.79. The lowest BCUT2D eigenvalue weighted by Crippen LogP contribution is -2.57. The van der Waals surface area contributed by atoms with E-state index < -0.39 is 60.1 Å². The molecular formula is C28H31N3O9. The first-order valence-corrected chi connectivity index (χ1v) is 12.6. The van der Waals surface area contributed by atoms with E-state index in [-0.39, 0.29) is 35.6 Å². The molecule has 0 spiro atoms. The number of fused-ring (bicyclic) bond motifs is 1. The molecule has 0 saturated carbocycles. The maximum Gasteiger partial charge on any atom is 0.328 e. The summed E-state index contributed by atoms with van der Waals surface area (Å²) >= 11 is 0. The predicted octanol–water partition coefficient (Wildman–Crippen LogP) is 1.26. The Morgan fingerprint density at radius 3 is 1.93 bits per heavy atom. The number of ether oxygens (including phenoxy) is 1. The van der Waals surface area contributed by atoms with Crippen molar-refractivity contribution in [1.29, 1.82) is 0 Å². The standard InChI is InChI=1S/C28H31N3O9/c1-15(2)12-21(28(39)40-3)30-24(35)20(14-23(33)34)29-25(36)22(13-16-8-10-17(32)11-9-16)31-26(37)18-6-4-5-7-19(18)27(31)38/h4-11,15,20-22,32H,12-14H2,1-3H3,(H,29,36)(H,30,35)(H,33,34)/t20-,21-,22-/m0/s1. The van der Waals surface area contributed by atoms with Gasteiger partial charge in [0.15, 0.2) is 0 Å². The lowest BCUT2D eigenvalue weighted by molar-refractivity contribution is -0.146. The van der Waals surface area contributed by atoms with Gasteiger partial charge in [0.25, 0.3) is 11.8 Å². The number of amides is 4. The number of rotatable bonds is 12. The summed E-state index contributed by atoms with van der Waals surface area (Å²) in [5.74, 6) is -5.55. The third-order valence-corrected chi connectivity index (χ3v) is 6.33. The van der Waals surface area contributed by atoms with Crippen LogP contribution < -0.4 is 10.6 Å². The van der Waals surface area contributed by atoms with Crippen molar-refractivity contribution < 1.29 is 43.7 Å². The van der Waals surface area contributed by atoms with Gasteiger partial charge in [0, 0.05) is 6.42 Å². The van der Waals surface area contributed by atoms with Gasteiger partial charge < -0.3 is 25.6 Å². The molecule has 0 aliphatic carbocycles. The van der Waals surface area contributed by atoms with Crippen LogP contribution in [0.5, 0.6) is 5.75 Å². The summed E-state index contributed by atoms with van der Waals surface area (Å²) < 4.78 is 4.73. The first kappa shape index (κ1) is 29.8. The summed E-state index contributed by atoms with van der Waals surface area (Å²) in [7, 11) is 1.15. The molecule has 1 aliphatic heterocycles. The zero-order valence-electron chi connectivity index (χ0n) is 22.2. The van der Waals surface area contributed by atoms with E-state index >= 15 is 0 Å². The normalized spacial score (nSPS) is 14.8. The van der Waals surface area contributed by atoms with E-state index in [1.54, 1.807) is 12.1 Å². The van der Waals surface area contributed by atoms with Crippen LogP contribution in [-0.4, -0.2) is 75.9 Å². The molecule has 12 nitrogen and oxygen atoms in total. The number of hydrogen-bond donors (Lipinski definition) is 4. The fraction of sp³-hybridized carbons (Fsp3) is 0.357. The fourth-order valence-electron chi connectivity index (χ4n) is 4.40. The van der Waals surface area contributed by atoms with Gasteiger partial charge in [-0.2, -0.15) is 0 Å². The van der Waals surface area contributed by atoms with Crippen LogP contribution in [0.2, 0.25) is 0 Å². The number of aromatic hydroxyl groups is 1. The van der Waals surface area contributed by atoms with E-state index in [0.29, 0.717) is 5.56 Å². The van der Waals surface area contributed by atoms with E-state index in [2.05, 4.69) is 10.6 Å². The first-order valence-electron chi connectivity index (χ1n) is 12.6. The second kappa shape index (κ2) is 12.9. The zero-order valence-corrected chi connectivity index (χ0v) is 22.2. The highest BCUT2D eigenvalue weighted by atomic mass is 16.5. The highest BCUT2D eigenvalue weighted by molar-refractivity contribution is 6.23. The van der Waals surface area contributed by atoms with Crippen LogP contribution >= 0.6 is 0 Å². The number of nitrogens with zero attached hydrogens (tertiary/aromatic N) is 1. The number of esters is 1. The van der Waals surface area contributed by atoms with Crippen molar-refractivity contribution in [3.63, 3.8) is 0 Å². The molecule has 0 unspecified atom stereocenters. The predicted molar refractivity (Wildman–Crippen MR) is 140 cm³/mol. The van der Waals surface area contributed by atoms with Gasteiger partial charge in [-0.25, -0.2) is 4.79 Å². The molecule has 2 aromatic carbocycles. The van der Waals surface area contributed by atoms with Crippen LogP contribution in [0.4, 0.5) is 0 Å².